The van der Waals surface area contributed by atoms with Crippen LogP contribution in [0.2, 0.25) is 0 Å². The topological polar surface area (TPSA) is 42.7 Å². The van der Waals surface area contributed by atoms with Crippen LogP contribution in [0.1, 0.15) is 11.3 Å². The quantitative estimate of drug-likeness (QED) is 0.787. The summed E-state index contributed by atoms with van der Waals surface area (Å²) in [7, 11) is 1.59. The van der Waals surface area contributed by atoms with Gasteiger partial charge in [-0.3, -0.25) is 4.79 Å². The number of amides is 1. The third-order valence-electron chi connectivity index (χ3n) is 3.11. The summed E-state index contributed by atoms with van der Waals surface area (Å²) in [6.07, 6.45) is 1.80. The first-order chi connectivity index (χ1) is 10.2. The van der Waals surface area contributed by atoms with E-state index in [1.54, 1.807) is 36.5 Å². The molecule has 0 aliphatic carbocycles. The van der Waals surface area contributed by atoms with Crippen LogP contribution < -0.4 is 0 Å². The van der Waals surface area contributed by atoms with Gasteiger partial charge in [0, 0.05) is 13.7 Å². The third kappa shape index (κ3) is 4.72. The molecule has 0 N–H and O–H groups in total. The van der Waals surface area contributed by atoms with E-state index in [1.807, 2.05) is 6.07 Å². The van der Waals surface area contributed by atoms with Crippen molar-refractivity contribution in [2.24, 2.45) is 0 Å². The largest absolute Gasteiger partial charge is 0.467 e. The molecule has 0 radical (unpaired) electrons. The highest BCUT2D eigenvalue weighted by Crippen LogP contribution is 2.10. The molecule has 0 aliphatic rings. The molecule has 2 aromatic rings. The summed E-state index contributed by atoms with van der Waals surface area (Å²) < 4.78 is 23.2. The van der Waals surface area contributed by atoms with Gasteiger partial charge in [0.05, 0.1) is 25.8 Å². The van der Waals surface area contributed by atoms with E-state index in [1.165, 1.54) is 12.1 Å². The maximum atomic E-state index is 12.9. The molecule has 0 saturated heterocycles. The number of carbonyl (C=O) groups is 1. The first-order valence-corrected chi connectivity index (χ1v) is 6.72. The molecule has 0 unspecified atom stereocenters. The Morgan fingerprint density at radius 3 is 2.67 bits per heavy atom. The van der Waals surface area contributed by atoms with Crippen molar-refractivity contribution in [2.75, 3.05) is 20.3 Å². The van der Waals surface area contributed by atoms with E-state index in [-0.39, 0.29) is 18.1 Å². The summed E-state index contributed by atoms with van der Waals surface area (Å²) in [5.41, 5.74) is 0.781. The van der Waals surface area contributed by atoms with Gasteiger partial charge in [-0.05, 0) is 29.8 Å². The van der Waals surface area contributed by atoms with Crippen molar-refractivity contribution < 1.29 is 18.3 Å². The van der Waals surface area contributed by atoms with Gasteiger partial charge in [-0.1, -0.05) is 12.1 Å². The molecule has 1 aromatic heterocycles. The molecule has 0 fully saturated rings. The number of nitrogens with zero attached hydrogens (tertiary/aromatic N) is 1. The van der Waals surface area contributed by atoms with Crippen LogP contribution in [0.15, 0.2) is 47.1 Å². The Hall–Kier alpha value is -2.14. The van der Waals surface area contributed by atoms with Gasteiger partial charge >= 0.3 is 0 Å². The van der Waals surface area contributed by atoms with E-state index in [4.69, 9.17) is 9.15 Å². The number of ether oxygens (including phenoxy) is 1. The summed E-state index contributed by atoms with van der Waals surface area (Å²) in [5, 5.41) is 0. The fourth-order valence-corrected chi connectivity index (χ4v) is 1.97. The minimum atomic E-state index is -0.307. The zero-order valence-corrected chi connectivity index (χ0v) is 11.9. The normalized spacial score (nSPS) is 10.6. The average Bonchev–Trinajstić information content (AvgIpc) is 2.98. The lowest BCUT2D eigenvalue weighted by Gasteiger charge is -2.21. The van der Waals surface area contributed by atoms with E-state index in [0.29, 0.717) is 19.7 Å². The van der Waals surface area contributed by atoms with Gasteiger partial charge in [-0.25, -0.2) is 4.39 Å². The molecule has 0 atom stereocenters. The van der Waals surface area contributed by atoms with Gasteiger partial charge in [0.15, 0.2) is 0 Å². The van der Waals surface area contributed by atoms with Crippen molar-refractivity contribution in [3.05, 3.63) is 59.8 Å². The van der Waals surface area contributed by atoms with E-state index < -0.39 is 0 Å². The maximum absolute atomic E-state index is 12.9. The van der Waals surface area contributed by atoms with Gasteiger partial charge in [-0.2, -0.15) is 0 Å². The van der Waals surface area contributed by atoms with E-state index in [9.17, 15) is 9.18 Å². The van der Waals surface area contributed by atoms with Crippen LogP contribution in [0, 0.1) is 5.82 Å². The van der Waals surface area contributed by atoms with Gasteiger partial charge in [0.25, 0.3) is 0 Å². The number of hydrogen-bond donors (Lipinski definition) is 0. The fraction of sp³-hybridized carbons (Fsp3) is 0.312. The van der Waals surface area contributed by atoms with Crippen LogP contribution in [0.5, 0.6) is 0 Å². The van der Waals surface area contributed by atoms with E-state index in [2.05, 4.69) is 0 Å². The SMILES string of the molecule is COCCN(Cc1ccco1)C(=O)Cc1ccc(F)cc1. The van der Waals surface area contributed by atoms with Crippen LogP contribution in [0.3, 0.4) is 0 Å². The van der Waals surface area contributed by atoms with Crippen molar-refractivity contribution in [1.82, 2.24) is 4.90 Å². The average molecular weight is 291 g/mol. The molecular formula is C16H18FNO3. The Kier molecular flexibility index (Phi) is 5.51. The van der Waals surface area contributed by atoms with Crippen molar-refractivity contribution in [3.63, 3.8) is 0 Å². The maximum Gasteiger partial charge on any atom is 0.227 e. The molecule has 0 bridgehead atoms. The molecule has 2 rings (SSSR count). The highest BCUT2D eigenvalue weighted by atomic mass is 19.1. The lowest BCUT2D eigenvalue weighted by Crippen LogP contribution is -2.34. The fourth-order valence-electron chi connectivity index (χ4n) is 1.97. The number of hydrogen-bond acceptors (Lipinski definition) is 3. The van der Waals surface area contributed by atoms with E-state index in [0.717, 1.165) is 11.3 Å². The predicted octanol–water partition coefficient (Wildman–Crippen LogP) is 2.64. The van der Waals surface area contributed by atoms with Crippen LogP contribution in [0.25, 0.3) is 0 Å². The highest BCUT2D eigenvalue weighted by molar-refractivity contribution is 5.78. The van der Waals surface area contributed by atoms with Crippen molar-refractivity contribution in [2.45, 2.75) is 13.0 Å². The number of methoxy groups -OCH3 is 1. The lowest BCUT2D eigenvalue weighted by molar-refractivity contribution is -0.132. The van der Waals surface area contributed by atoms with Crippen molar-refractivity contribution in [1.29, 1.82) is 0 Å². The summed E-state index contributed by atoms with van der Waals surface area (Å²) in [6, 6.07) is 9.56. The smallest absolute Gasteiger partial charge is 0.227 e. The number of rotatable bonds is 7. The van der Waals surface area contributed by atoms with Gasteiger partial charge in [0.1, 0.15) is 11.6 Å². The Bertz CT molecular complexity index is 551. The molecular weight excluding hydrogens is 273 g/mol. The first-order valence-electron chi connectivity index (χ1n) is 6.72. The van der Waals surface area contributed by atoms with Crippen LogP contribution in [-0.2, 0) is 22.5 Å². The minimum absolute atomic E-state index is 0.0462. The molecule has 1 aromatic carbocycles. The number of benzene rings is 1. The molecule has 1 heterocycles. The second kappa shape index (κ2) is 7.59. The monoisotopic (exact) mass is 291 g/mol. The molecule has 0 spiro atoms. The second-order valence-electron chi connectivity index (χ2n) is 4.69. The third-order valence-corrected chi connectivity index (χ3v) is 3.11. The Labute approximate surface area is 123 Å². The zero-order valence-electron chi connectivity index (χ0n) is 11.9. The molecule has 5 heteroatoms. The molecule has 4 nitrogen and oxygen atoms in total. The minimum Gasteiger partial charge on any atom is -0.467 e. The zero-order chi connectivity index (χ0) is 15.1. The lowest BCUT2D eigenvalue weighted by atomic mass is 10.1. The summed E-state index contributed by atoms with van der Waals surface area (Å²) in [6.45, 7) is 1.34. The molecule has 21 heavy (non-hydrogen) atoms. The first kappa shape index (κ1) is 15.3. The number of furan rings is 1. The summed E-state index contributed by atoms with van der Waals surface area (Å²) in [5.74, 6) is 0.367. The number of carbonyl (C=O) groups excluding carboxylic acids is 1. The van der Waals surface area contributed by atoms with E-state index >= 15 is 0 Å². The second-order valence-corrected chi connectivity index (χ2v) is 4.69. The Morgan fingerprint density at radius 1 is 1.29 bits per heavy atom. The molecule has 1 amide bonds. The van der Waals surface area contributed by atoms with Crippen molar-refractivity contribution >= 4 is 5.91 Å². The van der Waals surface area contributed by atoms with Crippen LogP contribution >= 0.6 is 0 Å². The highest BCUT2D eigenvalue weighted by Gasteiger charge is 2.15. The van der Waals surface area contributed by atoms with Gasteiger partial charge in [0.2, 0.25) is 5.91 Å². The Balaban J connectivity index is 2.00. The van der Waals surface area contributed by atoms with Crippen LogP contribution in [-0.4, -0.2) is 31.1 Å². The standard InChI is InChI=1S/C16H18FNO3/c1-20-10-8-18(12-15-3-2-9-21-15)16(19)11-13-4-6-14(17)7-5-13/h2-7,9H,8,10-12H2,1H3. The molecule has 112 valence electrons. The predicted molar refractivity (Wildman–Crippen MR) is 76.1 cm³/mol. The summed E-state index contributed by atoms with van der Waals surface area (Å²) in [4.78, 5) is 14.0. The summed E-state index contributed by atoms with van der Waals surface area (Å²) >= 11 is 0. The molecule has 0 saturated carbocycles. The van der Waals surface area contributed by atoms with Gasteiger partial charge < -0.3 is 14.1 Å². The Morgan fingerprint density at radius 2 is 2.05 bits per heavy atom. The number of halogens is 1. The van der Waals surface area contributed by atoms with Crippen molar-refractivity contribution in [3.8, 4) is 0 Å². The molecule has 0 aliphatic heterocycles. The van der Waals surface area contributed by atoms with Gasteiger partial charge in [-0.15, -0.1) is 0 Å². The van der Waals surface area contributed by atoms with Crippen LogP contribution in [0.4, 0.5) is 4.39 Å².